The van der Waals surface area contributed by atoms with Crippen LogP contribution >= 0.6 is 0 Å². The number of hydrogen-bond acceptors (Lipinski definition) is 4. The predicted molar refractivity (Wildman–Crippen MR) is 72.9 cm³/mol. The van der Waals surface area contributed by atoms with E-state index in [0.29, 0.717) is 23.9 Å². The lowest BCUT2D eigenvalue weighted by Gasteiger charge is -2.07. The van der Waals surface area contributed by atoms with Gasteiger partial charge in [-0.25, -0.2) is 0 Å². The zero-order valence-corrected chi connectivity index (χ0v) is 10.6. The zero-order chi connectivity index (χ0) is 13.7. The molecule has 2 rings (SSSR count). The molecule has 0 saturated carbocycles. The van der Waals surface area contributed by atoms with Crippen molar-refractivity contribution in [3.8, 4) is 5.75 Å². The highest BCUT2D eigenvalue weighted by atomic mass is 16.5. The van der Waals surface area contributed by atoms with Gasteiger partial charge in [-0.2, -0.15) is 5.10 Å². The van der Waals surface area contributed by atoms with Crippen LogP contribution in [0.4, 0.5) is 11.5 Å². The molecule has 0 aliphatic rings. The molecule has 0 aliphatic carbocycles. The van der Waals surface area contributed by atoms with Crippen LogP contribution in [0, 0.1) is 6.92 Å². The number of aromatic nitrogens is 2. The summed E-state index contributed by atoms with van der Waals surface area (Å²) in [5.41, 5.74) is 7.14. The molecule has 6 nitrogen and oxygen atoms in total. The Bertz CT molecular complexity index is 548. The third-order valence-corrected chi connectivity index (χ3v) is 2.57. The molecule has 2 aromatic rings. The molecule has 0 spiro atoms. The Morgan fingerprint density at radius 2 is 2.16 bits per heavy atom. The lowest BCUT2D eigenvalue weighted by Crippen LogP contribution is -2.16. The fourth-order valence-corrected chi connectivity index (χ4v) is 1.50. The number of carbonyl (C=O) groups excluding carboxylic acids is 1. The maximum atomic E-state index is 11.6. The van der Waals surface area contributed by atoms with Gasteiger partial charge in [0.15, 0.2) is 0 Å². The second-order valence-electron chi connectivity index (χ2n) is 4.14. The minimum atomic E-state index is -0.122. The van der Waals surface area contributed by atoms with Gasteiger partial charge in [0, 0.05) is 11.3 Å². The minimum Gasteiger partial charge on any atom is -0.493 e. The molecule has 0 aliphatic heterocycles. The first-order valence-electron chi connectivity index (χ1n) is 5.93. The number of anilines is 2. The number of aromatic amines is 1. The van der Waals surface area contributed by atoms with Crippen LogP contribution in [0.3, 0.4) is 0 Å². The summed E-state index contributed by atoms with van der Waals surface area (Å²) in [5.74, 6) is 1.19. The summed E-state index contributed by atoms with van der Waals surface area (Å²) in [6, 6.07) is 7.05. The number of nitrogens with one attached hydrogen (secondary N) is 2. The number of nitrogens with zero attached hydrogens (tertiary/aromatic N) is 1. The SMILES string of the molecule is Cc1cn[nH]c1NC(=O)CCOc1ccc(N)cc1. The van der Waals surface area contributed by atoms with Crippen LogP contribution in [-0.4, -0.2) is 22.7 Å². The number of nitrogens with two attached hydrogens (primary N) is 1. The normalized spacial score (nSPS) is 10.2. The topological polar surface area (TPSA) is 93.0 Å². The molecule has 0 fully saturated rings. The first kappa shape index (κ1) is 12.9. The van der Waals surface area contributed by atoms with Crippen molar-refractivity contribution >= 4 is 17.4 Å². The molecule has 1 aromatic carbocycles. The Balaban J connectivity index is 1.75. The fraction of sp³-hybridized carbons (Fsp3) is 0.231. The average Bonchev–Trinajstić information content (AvgIpc) is 2.78. The van der Waals surface area contributed by atoms with Crippen molar-refractivity contribution in [2.24, 2.45) is 0 Å². The molecule has 4 N–H and O–H groups in total. The number of hydrogen-bond donors (Lipinski definition) is 3. The molecule has 0 radical (unpaired) electrons. The first-order chi connectivity index (χ1) is 9.15. The summed E-state index contributed by atoms with van der Waals surface area (Å²) in [4.78, 5) is 11.6. The maximum absolute atomic E-state index is 11.6. The smallest absolute Gasteiger partial charge is 0.228 e. The minimum absolute atomic E-state index is 0.122. The highest BCUT2D eigenvalue weighted by molar-refractivity contribution is 5.90. The first-order valence-corrected chi connectivity index (χ1v) is 5.93. The number of nitrogen functional groups attached to an aromatic ring is 1. The summed E-state index contributed by atoms with van der Waals surface area (Å²) in [6.07, 6.45) is 1.92. The van der Waals surface area contributed by atoms with Crippen molar-refractivity contribution < 1.29 is 9.53 Å². The Kier molecular flexibility index (Phi) is 4.02. The van der Waals surface area contributed by atoms with E-state index >= 15 is 0 Å². The summed E-state index contributed by atoms with van der Waals surface area (Å²) < 4.78 is 5.44. The van der Waals surface area contributed by atoms with Crippen LogP contribution in [0.1, 0.15) is 12.0 Å². The number of ether oxygens (including phenoxy) is 1. The molecule has 1 heterocycles. The van der Waals surface area contributed by atoms with Crippen molar-refractivity contribution in [3.63, 3.8) is 0 Å². The van der Waals surface area contributed by atoms with Gasteiger partial charge in [0.25, 0.3) is 0 Å². The number of benzene rings is 1. The highest BCUT2D eigenvalue weighted by Gasteiger charge is 2.06. The molecule has 6 heteroatoms. The van der Waals surface area contributed by atoms with Crippen molar-refractivity contribution in [2.45, 2.75) is 13.3 Å². The van der Waals surface area contributed by atoms with E-state index in [-0.39, 0.29) is 12.3 Å². The van der Waals surface area contributed by atoms with Crippen molar-refractivity contribution in [1.29, 1.82) is 0 Å². The zero-order valence-electron chi connectivity index (χ0n) is 10.6. The van der Waals surface area contributed by atoms with E-state index < -0.39 is 0 Å². The monoisotopic (exact) mass is 260 g/mol. The van der Waals surface area contributed by atoms with Crippen molar-refractivity contribution in [3.05, 3.63) is 36.0 Å². The molecule has 1 amide bonds. The van der Waals surface area contributed by atoms with Crippen molar-refractivity contribution in [1.82, 2.24) is 10.2 Å². The van der Waals surface area contributed by atoms with E-state index in [4.69, 9.17) is 10.5 Å². The molecular weight excluding hydrogens is 244 g/mol. The molecule has 0 bridgehead atoms. The number of H-pyrrole nitrogens is 1. The van der Waals surface area contributed by atoms with Crippen molar-refractivity contribution in [2.75, 3.05) is 17.7 Å². The number of rotatable bonds is 5. The predicted octanol–water partition coefficient (Wildman–Crippen LogP) is 1.71. The standard InChI is InChI=1S/C13H16N4O2/c1-9-8-15-17-13(9)16-12(18)6-7-19-11-4-2-10(14)3-5-11/h2-5,8H,6-7,14H2,1H3,(H2,15,16,17,18). The second-order valence-corrected chi connectivity index (χ2v) is 4.14. The van der Waals surface area contributed by atoms with Crippen LogP contribution in [0.25, 0.3) is 0 Å². The molecular formula is C13H16N4O2. The Labute approximate surface area is 111 Å². The summed E-state index contributed by atoms with van der Waals surface area (Å²) >= 11 is 0. The van der Waals surface area contributed by atoms with Crippen LogP contribution in [0.15, 0.2) is 30.5 Å². The van der Waals surface area contributed by atoms with Gasteiger partial charge in [-0.3, -0.25) is 9.89 Å². The van der Waals surface area contributed by atoms with E-state index in [9.17, 15) is 4.79 Å². The van der Waals surface area contributed by atoms with Gasteiger partial charge in [-0.1, -0.05) is 0 Å². The average molecular weight is 260 g/mol. The summed E-state index contributed by atoms with van der Waals surface area (Å²) in [5, 5.41) is 9.27. The summed E-state index contributed by atoms with van der Waals surface area (Å²) in [6.45, 7) is 2.17. The van der Waals surface area contributed by atoms with Crippen LogP contribution in [0.2, 0.25) is 0 Å². The second kappa shape index (κ2) is 5.90. The van der Waals surface area contributed by atoms with E-state index in [1.807, 2.05) is 6.92 Å². The molecule has 100 valence electrons. The van der Waals surface area contributed by atoms with Crippen LogP contribution in [0.5, 0.6) is 5.75 Å². The Morgan fingerprint density at radius 1 is 1.42 bits per heavy atom. The number of aryl methyl sites for hydroxylation is 1. The van der Waals surface area contributed by atoms with E-state index in [1.165, 1.54) is 0 Å². The van der Waals surface area contributed by atoms with Gasteiger partial charge in [-0.05, 0) is 31.2 Å². The Morgan fingerprint density at radius 3 is 2.79 bits per heavy atom. The molecule has 19 heavy (non-hydrogen) atoms. The Hall–Kier alpha value is -2.50. The molecule has 1 aromatic heterocycles. The highest BCUT2D eigenvalue weighted by Crippen LogP contribution is 2.13. The largest absolute Gasteiger partial charge is 0.493 e. The lowest BCUT2D eigenvalue weighted by molar-refractivity contribution is -0.116. The van der Waals surface area contributed by atoms with E-state index in [1.54, 1.807) is 30.5 Å². The quantitative estimate of drug-likeness (QED) is 0.713. The van der Waals surface area contributed by atoms with Gasteiger partial charge in [-0.15, -0.1) is 0 Å². The summed E-state index contributed by atoms with van der Waals surface area (Å²) in [7, 11) is 0. The molecule has 0 saturated heterocycles. The fourth-order valence-electron chi connectivity index (χ4n) is 1.50. The van der Waals surface area contributed by atoms with Crippen LogP contribution in [-0.2, 0) is 4.79 Å². The van der Waals surface area contributed by atoms with Gasteiger partial charge < -0.3 is 15.8 Å². The molecule has 0 unspecified atom stereocenters. The number of carbonyl (C=O) groups is 1. The van der Waals surface area contributed by atoms with Gasteiger partial charge in [0.05, 0.1) is 19.2 Å². The third kappa shape index (κ3) is 3.74. The number of amides is 1. The van der Waals surface area contributed by atoms with Gasteiger partial charge >= 0.3 is 0 Å². The molecule has 0 atom stereocenters. The third-order valence-electron chi connectivity index (χ3n) is 2.57. The van der Waals surface area contributed by atoms with Gasteiger partial charge in [0.2, 0.25) is 5.91 Å². The van der Waals surface area contributed by atoms with Crippen LogP contribution < -0.4 is 15.8 Å². The lowest BCUT2D eigenvalue weighted by atomic mass is 10.3. The van der Waals surface area contributed by atoms with E-state index in [0.717, 1.165) is 5.56 Å². The van der Waals surface area contributed by atoms with E-state index in [2.05, 4.69) is 15.5 Å². The van der Waals surface area contributed by atoms with Gasteiger partial charge in [0.1, 0.15) is 11.6 Å². The maximum Gasteiger partial charge on any atom is 0.228 e.